The molecule has 0 spiro atoms. The van der Waals surface area contributed by atoms with Crippen LogP contribution >= 0.6 is 0 Å². The normalized spacial score (nSPS) is 17.4. The number of hydrogen-bond donors (Lipinski definition) is 1. The van der Waals surface area contributed by atoms with Crippen LogP contribution in [-0.2, 0) is 6.42 Å². The predicted octanol–water partition coefficient (Wildman–Crippen LogP) is 5.29. The molecule has 1 aliphatic heterocycles. The van der Waals surface area contributed by atoms with Gasteiger partial charge >= 0.3 is 0 Å². The lowest BCUT2D eigenvalue weighted by Crippen LogP contribution is -1.91. The molecule has 2 rings (SSSR count). The van der Waals surface area contributed by atoms with Gasteiger partial charge in [-0.1, -0.05) is 19.9 Å². The number of rotatable bonds is 4. The molecule has 0 fully saturated rings. The Morgan fingerprint density at radius 1 is 1.05 bits per heavy atom. The molecule has 0 radical (unpaired) electrons. The van der Waals surface area contributed by atoms with E-state index in [9.17, 15) is 0 Å². The number of aryl methyl sites for hydroxylation is 1. The fourth-order valence-electron chi connectivity index (χ4n) is 3.19. The van der Waals surface area contributed by atoms with E-state index in [1.54, 1.807) is 0 Å². The van der Waals surface area contributed by atoms with Crippen LogP contribution in [0.4, 0.5) is 0 Å². The SMILES string of the molecule is CCC1=C(C)/C(=C/C=C/c2[nH]c(C)c(CC)c2C)N=C1C. The Morgan fingerprint density at radius 3 is 2.29 bits per heavy atom. The van der Waals surface area contributed by atoms with Crippen molar-refractivity contribution in [3.63, 3.8) is 0 Å². The molecule has 1 aromatic heterocycles. The van der Waals surface area contributed by atoms with E-state index >= 15 is 0 Å². The van der Waals surface area contributed by atoms with Gasteiger partial charge in [0.1, 0.15) is 0 Å². The lowest BCUT2D eigenvalue weighted by atomic mass is 10.0. The van der Waals surface area contributed by atoms with Crippen molar-refractivity contribution >= 4 is 11.8 Å². The van der Waals surface area contributed by atoms with Gasteiger partial charge in [0.25, 0.3) is 0 Å². The summed E-state index contributed by atoms with van der Waals surface area (Å²) in [7, 11) is 0. The summed E-state index contributed by atoms with van der Waals surface area (Å²) in [5.41, 5.74) is 10.2. The number of nitrogens with zero attached hydrogens (tertiary/aromatic N) is 1. The molecule has 1 N–H and O–H groups in total. The quantitative estimate of drug-likeness (QED) is 0.777. The molecular formula is C19H26N2. The minimum Gasteiger partial charge on any atom is -0.359 e. The van der Waals surface area contributed by atoms with Crippen molar-refractivity contribution < 1.29 is 0 Å². The van der Waals surface area contributed by atoms with Crippen LogP contribution in [0.2, 0.25) is 0 Å². The fourth-order valence-corrected chi connectivity index (χ4v) is 3.19. The van der Waals surface area contributed by atoms with E-state index in [2.05, 4.69) is 69.7 Å². The van der Waals surface area contributed by atoms with Crippen molar-refractivity contribution in [2.45, 2.75) is 54.4 Å². The van der Waals surface area contributed by atoms with E-state index in [0.717, 1.165) is 24.3 Å². The standard InChI is InChI=1S/C19H26N2/c1-7-16-12(3)18(20-14(16)5)10-9-11-19-13(4)17(8-2)15(6)21-19/h9-11,20H,7-8H2,1-6H3/b10-9+,19-11-. The summed E-state index contributed by atoms with van der Waals surface area (Å²) < 4.78 is 0. The van der Waals surface area contributed by atoms with Gasteiger partial charge in [-0.2, -0.15) is 0 Å². The monoisotopic (exact) mass is 282 g/mol. The largest absolute Gasteiger partial charge is 0.359 e. The molecular weight excluding hydrogens is 256 g/mol. The highest BCUT2D eigenvalue weighted by Gasteiger charge is 2.14. The first-order chi connectivity index (χ1) is 9.99. The second kappa shape index (κ2) is 6.30. The van der Waals surface area contributed by atoms with E-state index in [0.29, 0.717) is 0 Å². The first kappa shape index (κ1) is 15.6. The molecule has 0 aliphatic carbocycles. The number of aromatic amines is 1. The molecule has 0 saturated carbocycles. The third-order valence-electron chi connectivity index (χ3n) is 4.42. The lowest BCUT2D eigenvalue weighted by Gasteiger charge is -1.98. The minimum atomic E-state index is 1.05. The minimum absolute atomic E-state index is 1.05. The summed E-state index contributed by atoms with van der Waals surface area (Å²) >= 11 is 0. The average Bonchev–Trinajstić information content (AvgIpc) is 2.87. The van der Waals surface area contributed by atoms with E-state index in [1.807, 2.05) is 0 Å². The number of aliphatic imine (C=N–C) groups is 1. The van der Waals surface area contributed by atoms with E-state index < -0.39 is 0 Å². The van der Waals surface area contributed by atoms with Crippen molar-refractivity contribution in [3.05, 3.63) is 51.5 Å². The van der Waals surface area contributed by atoms with E-state index in [1.165, 1.54) is 33.7 Å². The maximum atomic E-state index is 4.66. The molecule has 0 saturated heterocycles. The number of hydrogen-bond acceptors (Lipinski definition) is 1. The van der Waals surface area contributed by atoms with Crippen LogP contribution in [0.3, 0.4) is 0 Å². The lowest BCUT2D eigenvalue weighted by molar-refractivity contribution is 1.08. The summed E-state index contributed by atoms with van der Waals surface area (Å²) in [6.07, 6.45) is 8.50. The van der Waals surface area contributed by atoms with Gasteiger partial charge in [0.05, 0.1) is 5.70 Å². The smallest absolute Gasteiger partial charge is 0.0665 e. The maximum Gasteiger partial charge on any atom is 0.0665 e. The van der Waals surface area contributed by atoms with Crippen molar-refractivity contribution in [2.75, 3.05) is 0 Å². The zero-order chi connectivity index (χ0) is 15.6. The zero-order valence-electron chi connectivity index (χ0n) is 14.1. The van der Waals surface area contributed by atoms with Crippen LogP contribution in [-0.4, -0.2) is 10.7 Å². The number of allylic oxidation sites excluding steroid dienone is 4. The third-order valence-corrected chi connectivity index (χ3v) is 4.42. The Balaban J connectivity index is 2.25. The van der Waals surface area contributed by atoms with Gasteiger partial charge in [0.15, 0.2) is 0 Å². The zero-order valence-corrected chi connectivity index (χ0v) is 14.1. The topological polar surface area (TPSA) is 28.1 Å². The molecule has 0 amide bonds. The van der Waals surface area contributed by atoms with Crippen LogP contribution in [0, 0.1) is 13.8 Å². The summed E-state index contributed by atoms with van der Waals surface area (Å²) in [6.45, 7) is 13.0. The molecule has 0 atom stereocenters. The first-order valence-electron chi connectivity index (χ1n) is 7.81. The second-order valence-corrected chi connectivity index (χ2v) is 5.69. The Morgan fingerprint density at radius 2 is 1.76 bits per heavy atom. The Labute approximate surface area is 128 Å². The molecule has 0 aromatic carbocycles. The Bertz CT molecular complexity index is 664. The molecule has 2 nitrogen and oxygen atoms in total. The number of H-pyrrole nitrogens is 1. The highest BCUT2D eigenvalue weighted by atomic mass is 14.8. The summed E-state index contributed by atoms with van der Waals surface area (Å²) in [6, 6.07) is 0. The number of nitrogens with one attached hydrogen (secondary N) is 1. The predicted molar refractivity (Wildman–Crippen MR) is 92.9 cm³/mol. The fraction of sp³-hybridized carbons (Fsp3) is 0.421. The molecule has 2 heteroatoms. The van der Waals surface area contributed by atoms with Gasteiger partial charge < -0.3 is 4.98 Å². The molecule has 1 aliphatic rings. The van der Waals surface area contributed by atoms with Crippen LogP contribution in [0.5, 0.6) is 0 Å². The summed E-state index contributed by atoms with van der Waals surface area (Å²) in [5, 5.41) is 0. The van der Waals surface area contributed by atoms with Gasteiger partial charge in [-0.05, 0) is 75.0 Å². The molecule has 2 heterocycles. The van der Waals surface area contributed by atoms with Crippen LogP contribution in [0.15, 0.2) is 34.0 Å². The van der Waals surface area contributed by atoms with E-state index in [4.69, 9.17) is 0 Å². The van der Waals surface area contributed by atoms with E-state index in [-0.39, 0.29) is 0 Å². The van der Waals surface area contributed by atoms with Crippen LogP contribution < -0.4 is 0 Å². The molecule has 1 aromatic rings. The molecule has 0 unspecified atom stereocenters. The van der Waals surface area contributed by atoms with Gasteiger partial charge in [0.2, 0.25) is 0 Å². The van der Waals surface area contributed by atoms with Gasteiger partial charge in [-0.25, -0.2) is 0 Å². The Kier molecular flexibility index (Phi) is 4.66. The molecule has 112 valence electrons. The van der Waals surface area contributed by atoms with Gasteiger partial charge in [0, 0.05) is 17.1 Å². The van der Waals surface area contributed by atoms with Gasteiger partial charge in [-0.3, -0.25) is 4.99 Å². The third kappa shape index (κ3) is 2.94. The maximum absolute atomic E-state index is 4.66. The second-order valence-electron chi connectivity index (χ2n) is 5.69. The highest BCUT2D eigenvalue weighted by Crippen LogP contribution is 2.27. The number of aromatic nitrogens is 1. The van der Waals surface area contributed by atoms with Crippen molar-refractivity contribution in [2.24, 2.45) is 4.99 Å². The average molecular weight is 282 g/mol. The first-order valence-corrected chi connectivity index (χ1v) is 7.81. The van der Waals surface area contributed by atoms with Crippen LogP contribution in [0.25, 0.3) is 6.08 Å². The summed E-state index contributed by atoms with van der Waals surface area (Å²) in [5.74, 6) is 0. The summed E-state index contributed by atoms with van der Waals surface area (Å²) in [4.78, 5) is 8.12. The van der Waals surface area contributed by atoms with Crippen molar-refractivity contribution in [3.8, 4) is 0 Å². The molecule has 21 heavy (non-hydrogen) atoms. The molecule has 0 bridgehead atoms. The van der Waals surface area contributed by atoms with Crippen LogP contribution in [0.1, 0.15) is 56.6 Å². The van der Waals surface area contributed by atoms with Crippen molar-refractivity contribution in [1.82, 2.24) is 4.98 Å². The van der Waals surface area contributed by atoms with Gasteiger partial charge in [-0.15, -0.1) is 0 Å². The Hall–Kier alpha value is -1.83. The van der Waals surface area contributed by atoms with Crippen molar-refractivity contribution in [1.29, 1.82) is 0 Å². The highest BCUT2D eigenvalue weighted by molar-refractivity contribution is 6.03.